The number of thioether (sulfide) groups is 1. The van der Waals surface area contributed by atoms with E-state index in [1.807, 2.05) is 0 Å². The van der Waals surface area contributed by atoms with Gasteiger partial charge in [0.15, 0.2) is 0 Å². The second-order valence-electron chi connectivity index (χ2n) is 3.13. The lowest BCUT2D eigenvalue weighted by molar-refractivity contribution is -0.140. The molecule has 0 aromatic carbocycles. The molecule has 5 nitrogen and oxygen atoms in total. The van der Waals surface area contributed by atoms with Crippen LogP contribution in [0.1, 0.15) is 6.92 Å². The Bertz CT molecular complexity index is 276. The van der Waals surface area contributed by atoms with Crippen molar-refractivity contribution in [3.63, 3.8) is 0 Å². The number of carbonyl (C=O) groups is 2. The second-order valence-corrected chi connectivity index (χ2v) is 4.24. The molecule has 0 fully saturated rings. The van der Waals surface area contributed by atoms with Gasteiger partial charge in [-0.3, -0.25) is 4.79 Å². The predicted octanol–water partition coefficient (Wildman–Crippen LogP) is 0.373. The van der Waals surface area contributed by atoms with E-state index in [4.69, 9.17) is 11.5 Å². The van der Waals surface area contributed by atoms with Gasteiger partial charge in [-0.25, -0.2) is 4.79 Å². The van der Waals surface area contributed by atoms with Gasteiger partial charge in [-0.15, -0.1) is 18.2 Å². The number of terminal acetylenes is 1. The Morgan fingerprint density at radius 3 is 2.75 bits per heavy atom. The summed E-state index contributed by atoms with van der Waals surface area (Å²) in [5.74, 6) is 2.34. The number of carbonyl (C=O) groups excluding carboxylic acids is 1. The van der Waals surface area contributed by atoms with Crippen LogP contribution in [0.5, 0.6) is 0 Å². The quantitative estimate of drug-likeness (QED) is 0.447. The van der Waals surface area contributed by atoms with E-state index in [0.717, 1.165) is 5.75 Å². The van der Waals surface area contributed by atoms with Crippen LogP contribution in [0.15, 0.2) is 0 Å². The van der Waals surface area contributed by atoms with Crippen LogP contribution in [0.2, 0.25) is 0 Å². The summed E-state index contributed by atoms with van der Waals surface area (Å²) in [6.07, 6.45) is 5.05. The molecule has 16 heavy (non-hydrogen) atoms. The van der Waals surface area contributed by atoms with E-state index in [0.29, 0.717) is 12.3 Å². The van der Waals surface area contributed by atoms with Gasteiger partial charge in [0.1, 0.15) is 0 Å². The zero-order valence-corrected chi connectivity index (χ0v) is 9.97. The Kier molecular flexibility index (Phi) is 8.17. The van der Waals surface area contributed by atoms with Gasteiger partial charge in [0.25, 0.3) is 0 Å². The van der Waals surface area contributed by atoms with Gasteiger partial charge in [0, 0.05) is 18.8 Å². The standard InChI is InChI=1S/C10H16N2O3S/c1-3-5-16-6-4-11-10(15)12-7-8(2)9(13)14/h1,8H,4-7H2,2H3,(H,13,14)(H2,11,12,15). The van der Waals surface area contributed by atoms with Gasteiger partial charge in [-0.1, -0.05) is 12.8 Å². The number of hydrogen-bond acceptors (Lipinski definition) is 3. The number of nitrogens with one attached hydrogen (secondary N) is 2. The summed E-state index contributed by atoms with van der Waals surface area (Å²) in [5, 5.41) is 13.7. The summed E-state index contributed by atoms with van der Waals surface area (Å²) in [5.41, 5.74) is 0. The molecule has 1 atom stereocenters. The molecule has 6 heteroatoms. The van der Waals surface area contributed by atoms with E-state index in [1.165, 1.54) is 6.92 Å². The first-order valence-corrected chi connectivity index (χ1v) is 5.99. The van der Waals surface area contributed by atoms with Crippen LogP contribution < -0.4 is 10.6 Å². The van der Waals surface area contributed by atoms with Crippen molar-refractivity contribution in [1.29, 1.82) is 0 Å². The van der Waals surface area contributed by atoms with Gasteiger partial charge >= 0.3 is 12.0 Å². The summed E-state index contributed by atoms with van der Waals surface area (Å²) in [6, 6.07) is -0.352. The maximum Gasteiger partial charge on any atom is 0.314 e. The van der Waals surface area contributed by atoms with Crippen molar-refractivity contribution in [3.8, 4) is 12.3 Å². The van der Waals surface area contributed by atoms with E-state index in [1.54, 1.807) is 11.8 Å². The largest absolute Gasteiger partial charge is 0.481 e. The summed E-state index contributed by atoms with van der Waals surface area (Å²) >= 11 is 1.55. The average Bonchev–Trinajstić information content (AvgIpc) is 2.25. The number of aliphatic carboxylic acids is 1. The van der Waals surface area contributed by atoms with Crippen LogP contribution in [-0.2, 0) is 4.79 Å². The van der Waals surface area contributed by atoms with E-state index in [9.17, 15) is 9.59 Å². The molecule has 1 unspecified atom stereocenters. The Hall–Kier alpha value is -1.35. The lowest BCUT2D eigenvalue weighted by Crippen LogP contribution is -2.40. The normalized spacial score (nSPS) is 11.2. The Balaban J connectivity index is 3.45. The van der Waals surface area contributed by atoms with Crippen molar-refractivity contribution < 1.29 is 14.7 Å². The van der Waals surface area contributed by atoms with Crippen molar-refractivity contribution in [3.05, 3.63) is 0 Å². The van der Waals surface area contributed by atoms with E-state index >= 15 is 0 Å². The molecule has 2 amide bonds. The molecule has 0 rings (SSSR count). The summed E-state index contributed by atoms with van der Waals surface area (Å²) in [4.78, 5) is 21.6. The maximum absolute atomic E-state index is 11.1. The maximum atomic E-state index is 11.1. The minimum Gasteiger partial charge on any atom is -0.481 e. The van der Waals surface area contributed by atoms with Crippen molar-refractivity contribution in [2.45, 2.75) is 6.92 Å². The zero-order valence-electron chi connectivity index (χ0n) is 9.16. The van der Waals surface area contributed by atoms with Gasteiger partial charge in [0.05, 0.1) is 11.7 Å². The first-order valence-electron chi connectivity index (χ1n) is 4.83. The molecule has 0 aliphatic heterocycles. The lowest BCUT2D eigenvalue weighted by Gasteiger charge is -2.09. The van der Waals surface area contributed by atoms with E-state index < -0.39 is 11.9 Å². The molecule has 0 saturated heterocycles. The summed E-state index contributed by atoms with van der Waals surface area (Å²) in [6.45, 7) is 2.17. The van der Waals surface area contributed by atoms with Crippen molar-refractivity contribution in [2.75, 3.05) is 24.6 Å². The average molecular weight is 244 g/mol. The smallest absolute Gasteiger partial charge is 0.314 e. The summed E-state index contributed by atoms with van der Waals surface area (Å²) < 4.78 is 0. The third kappa shape index (κ3) is 8.00. The minimum atomic E-state index is -0.926. The minimum absolute atomic E-state index is 0.124. The van der Waals surface area contributed by atoms with Gasteiger partial charge in [0.2, 0.25) is 0 Å². The van der Waals surface area contributed by atoms with Crippen LogP contribution in [0.3, 0.4) is 0 Å². The highest BCUT2D eigenvalue weighted by atomic mass is 32.2. The van der Waals surface area contributed by atoms with Crippen LogP contribution in [-0.4, -0.2) is 41.7 Å². The molecule has 0 spiro atoms. The Labute approximate surface area is 99.4 Å². The predicted molar refractivity (Wildman–Crippen MR) is 64.4 cm³/mol. The number of amides is 2. The van der Waals surface area contributed by atoms with E-state index in [-0.39, 0.29) is 12.6 Å². The third-order valence-electron chi connectivity index (χ3n) is 1.71. The molecule has 0 aromatic rings. The molecule has 0 radical (unpaired) electrons. The summed E-state index contributed by atoms with van der Waals surface area (Å²) in [7, 11) is 0. The second kappa shape index (κ2) is 8.92. The highest BCUT2D eigenvalue weighted by molar-refractivity contribution is 7.99. The van der Waals surface area contributed by atoms with Crippen LogP contribution in [0.4, 0.5) is 4.79 Å². The fraction of sp³-hybridized carbons (Fsp3) is 0.600. The lowest BCUT2D eigenvalue weighted by atomic mass is 10.2. The van der Waals surface area contributed by atoms with Gasteiger partial charge < -0.3 is 15.7 Å². The van der Waals surface area contributed by atoms with Crippen molar-refractivity contribution in [2.24, 2.45) is 5.92 Å². The molecular formula is C10H16N2O3S. The number of rotatable bonds is 7. The molecular weight excluding hydrogens is 228 g/mol. The first-order chi connectivity index (χ1) is 7.57. The molecule has 3 N–H and O–H groups in total. The Morgan fingerprint density at radius 2 is 2.19 bits per heavy atom. The highest BCUT2D eigenvalue weighted by Crippen LogP contribution is 1.95. The van der Waals surface area contributed by atoms with Gasteiger partial charge in [-0.2, -0.15) is 0 Å². The molecule has 0 bridgehead atoms. The number of hydrogen-bond donors (Lipinski definition) is 3. The van der Waals surface area contributed by atoms with Crippen LogP contribution in [0.25, 0.3) is 0 Å². The SMILES string of the molecule is C#CCSCCNC(=O)NCC(C)C(=O)O. The zero-order chi connectivity index (χ0) is 12.4. The highest BCUT2D eigenvalue weighted by Gasteiger charge is 2.11. The number of carboxylic acids is 1. The fourth-order valence-electron chi connectivity index (χ4n) is 0.763. The van der Waals surface area contributed by atoms with Crippen LogP contribution >= 0.6 is 11.8 Å². The fourth-order valence-corrected chi connectivity index (χ4v) is 1.27. The van der Waals surface area contributed by atoms with Crippen LogP contribution in [0, 0.1) is 18.3 Å². The number of carboxylic acid groups (broad SMARTS) is 1. The van der Waals surface area contributed by atoms with Gasteiger partial charge in [-0.05, 0) is 0 Å². The van der Waals surface area contributed by atoms with Crippen molar-refractivity contribution in [1.82, 2.24) is 10.6 Å². The number of urea groups is 1. The Morgan fingerprint density at radius 1 is 1.50 bits per heavy atom. The first kappa shape index (κ1) is 14.6. The molecule has 0 aliphatic rings. The van der Waals surface area contributed by atoms with E-state index in [2.05, 4.69) is 16.6 Å². The van der Waals surface area contributed by atoms with Crippen molar-refractivity contribution >= 4 is 23.8 Å². The molecule has 90 valence electrons. The monoisotopic (exact) mass is 244 g/mol. The molecule has 0 aliphatic carbocycles. The third-order valence-corrected chi connectivity index (χ3v) is 2.57. The topological polar surface area (TPSA) is 78.4 Å². The molecule has 0 heterocycles. The molecule has 0 saturated carbocycles. The molecule has 0 aromatic heterocycles.